The van der Waals surface area contributed by atoms with Crippen molar-refractivity contribution in [2.45, 2.75) is 199 Å². The molecule has 0 aromatic rings. The molecule has 0 bridgehead atoms. The van der Waals surface area contributed by atoms with Crippen molar-refractivity contribution in [3.63, 3.8) is 0 Å². The highest BCUT2D eigenvalue weighted by molar-refractivity contribution is 7.47. The first-order valence-corrected chi connectivity index (χ1v) is 25.3. The Hall–Kier alpha value is -2.06. The van der Waals surface area contributed by atoms with Crippen LogP contribution in [0.4, 0.5) is 0 Å². The van der Waals surface area contributed by atoms with E-state index in [1.165, 1.54) is 77.0 Å². The summed E-state index contributed by atoms with van der Waals surface area (Å²) in [5.74, 6) is -0.158. The van der Waals surface area contributed by atoms with Gasteiger partial charge in [0.05, 0.1) is 39.9 Å². The number of aliphatic hydroxyl groups excluding tert-OH is 1. The second kappa shape index (κ2) is 41.3. The minimum absolute atomic E-state index is 0.0692. The monoisotopic (exact) mass is 848 g/mol. The number of aliphatic hydroxyl groups is 1. The Balaban J connectivity index is 4.21. The fourth-order valence-corrected chi connectivity index (χ4v) is 7.20. The van der Waals surface area contributed by atoms with Crippen LogP contribution in [0.15, 0.2) is 72.9 Å². The number of carbonyl (C=O) groups excluding carboxylic acids is 1. The molecule has 0 spiro atoms. The topological polar surface area (TPSA) is 105 Å². The van der Waals surface area contributed by atoms with Crippen LogP contribution in [-0.2, 0) is 18.4 Å². The molecule has 0 heterocycles. The van der Waals surface area contributed by atoms with Crippen LogP contribution in [0.2, 0.25) is 0 Å². The molecule has 3 unspecified atom stereocenters. The van der Waals surface area contributed by atoms with Gasteiger partial charge in [-0.3, -0.25) is 13.8 Å². The van der Waals surface area contributed by atoms with Gasteiger partial charge in [-0.05, 0) is 64.2 Å². The summed E-state index contributed by atoms with van der Waals surface area (Å²) in [4.78, 5) is 23.1. The van der Waals surface area contributed by atoms with Gasteiger partial charge in [-0.1, -0.05) is 189 Å². The third kappa shape index (κ3) is 43.8. The van der Waals surface area contributed by atoms with Gasteiger partial charge < -0.3 is 19.8 Å². The summed E-state index contributed by atoms with van der Waals surface area (Å²) in [6, 6.07) is -0.767. The second-order valence-corrected chi connectivity index (χ2v) is 18.6. The zero-order chi connectivity index (χ0) is 43.6. The summed E-state index contributed by atoms with van der Waals surface area (Å²) in [7, 11) is 1.60. The number of phosphoric acid groups is 1. The van der Waals surface area contributed by atoms with Gasteiger partial charge in [0.2, 0.25) is 5.91 Å². The number of nitrogens with zero attached hydrogens (tertiary/aromatic N) is 1. The number of quaternary nitrogens is 1. The highest BCUT2D eigenvalue weighted by Crippen LogP contribution is 2.43. The average molecular weight is 848 g/mol. The van der Waals surface area contributed by atoms with Gasteiger partial charge in [-0.15, -0.1) is 0 Å². The standard InChI is InChI=1S/C50H91N2O6P/c1-6-8-10-12-14-16-18-19-20-21-22-23-24-25-26-27-28-29-30-31-32-33-34-36-38-40-42-44-50(54)51-48(47-58-59(55,56)57-46-45-52(3,4)5)49(53)43-41-39-37-35-17-15-13-11-9-7-2/h8,10,14,16,19-20,22-23,25-26,28-29,48-49,53H,6-7,9,11-13,15,17-18,21,24,27,30-47H2,1-5H3,(H-,51,54,55,56)/p+1/b10-8-,16-14-,20-19-,23-22-,26-25-,29-28-. The van der Waals surface area contributed by atoms with Crippen molar-refractivity contribution in [3.8, 4) is 0 Å². The van der Waals surface area contributed by atoms with Crippen LogP contribution in [0.5, 0.6) is 0 Å². The van der Waals surface area contributed by atoms with Crippen LogP contribution in [-0.4, -0.2) is 73.4 Å². The Morgan fingerprint density at radius 1 is 0.593 bits per heavy atom. The van der Waals surface area contributed by atoms with E-state index in [4.69, 9.17) is 9.05 Å². The molecule has 3 atom stereocenters. The Morgan fingerprint density at radius 2 is 1.02 bits per heavy atom. The summed E-state index contributed by atoms with van der Waals surface area (Å²) in [6.07, 6.45) is 55.1. The number of hydrogen-bond acceptors (Lipinski definition) is 5. The number of likely N-dealkylation sites (N-methyl/N-ethyl adjacent to an activating group) is 1. The van der Waals surface area contributed by atoms with E-state index in [9.17, 15) is 19.4 Å². The molecule has 0 aliphatic rings. The quantitative estimate of drug-likeness (QED) is 0.0245. The number of unbranched alkanes of at least 4 members (excludes halogenated alkanes) is 17. The molecule has 0 fully saturated rings. The first-order valence-electron chi connectivity index (χ1n) is 23.8. The van der Waals surface area contributed by atoms with Crippen molar-refractivity contribution in [3.05, 3.63) is 72.9 Å². The van der Waals surface area contributed by atoms with Gasteiger partial charge >= 0.3 is 7.82 Å². The highest BCUT2D eigenvalue weighted by Gasteiger charge is 2.28. The Bertz CT molecular complexity index is 1190. The number of hydrogen-bond donors (Lipinski definition) is 3. The summed E-state index contributed by atoms with van der Waals surface area (Å²) in [5, 5.41) is 13.9. The van der Waals surface area contributed by atoms with Crippen molar-refractivity contribution in [2.24, 2.45) is 0 Å². The number of nitrogens with one attached hydrogen (secondary N) is 1. The molecule has 0 aliphatic carbocycles. The van der Waals surface area contributed by atoms with Crippen LogP contribution in [0.3, 0.4) is 0 Å². The zero-order valence-corrected chi connectivity index (χ0v) is 39.6. The van der Waals surface area contributed by atoms with Gasteiger partial charge in [0.1, 0.15) is 13.2 Å². The lowest BCUT2D eigenvalue weighted by atomic mass is 10.0. The van der Waals surface area contributed by atoms with Crippen molar-refractivity contribution < 1.29 is 32.9 Å². The lowest BCUT2D eigenvalue weighted by Crippen LogP contribution is -2.46. The predicted octanol–water partition coefficient (Wildman–Crippen LogP) is 13.6. The van der Waals surface area contributed by atoms with Gasteiger partial charge in [0.15, 0.2) is 0 Å². The van der Waals surface area contributed by atoms with E-state index in [0.29, 0.717) is 23.9 Å². The first kappa shape index (κ1) is 56.9. The van der Waals surface area contributed by atoms with Crippen LogP contribution >= 0.6 is 7.82 Å². The molecule has 0 saturated carbocycles. The molecule has 9 heteroatoms. The van der Waals surface area contributed by atoms with Gasteiger partial charge in [0, 0.05) is 6.42 Å². The van der Waals surface area contributed by atoms with Gasteiger partial charge in [-0.2, -0.15) is 0 Å². The number of allylic oxidation sites excluding steroid dienone is 12. The Morgan fingerprint density at radius 3 is 1.49 bits per heavy atom. The lowest BCUT2D eigenvalue weighted by molar-refractivity contribution is -0.870. The van der Waals surface area contributed by atoms with E-state index in [1.807, 2.05) is 21.1 Å². The molecule has 0 aliphatic heterocycles. The van der Waals surface area contributed by atoms with E-state index in [-0.39, 0.29) is 19.1 Å². The summed E-state index contributed by atoms with van der Waals surface area (Å²) in [5.41, 5.74) is 0. The summed E-state index contributed by atoms with van der Waals surface area (Å²) < 4.78 is 23.6. The van der Waals surface area contributed by atoms with Crippen molar-refractivity contribution in [2.75, 3.05) is 40.9 Å². The zero-order valence-electron chi connectivity index (χ0n) is 38.7. The van der Waals surface area contributed by atoms with E-state index >= 15 is 0 Å². The summed E-state index contributed by atoms with van der Waals surface area (Å²) in [6.45, 7) is 4.73. The molecule has 0 radical (unpaired) electrons. The maximum atomic E-state index is 12.9. The Labute approximate surface area is 364 Å². The lowest BCUT2D eigenvalue weighted by Gasteiger charge is -2.26. The predicted molar refractivity (Wildman–Crippen MR) is 253 cm³/mol. The summed E-state index contributed by atoms with van der Waals surface area (Å²) >= 11 is 0. The van der Waals surface area contributed by atoms with Crippen LogP contribution in [0.1, 0.15) is 187 Å². The van der Waals surface area contributed by atoms with Crippen LogP contribution in [0, 0.1) is 0 Å². The average Bonchev–Trinajstić information content (AvgIpc) is 3.19. The largest absolute Gasteiger partial charge is 0.472 e. The number of carbonyl (C=O) groups is 1. The van der Waals surface area contributed by atoms with Crippen molar-refractivity contribution in [1.29, 1.82) is 0 Å². The normalized spacial score (nSPS) is 14.9. The van der Waals surface area contributed by atoms with Crippen LogP contribution < -0.4 is 5.32 Å². The van der Waals surface area contributed by atoms with E-state index in [2.05, 4.69) is 92.1 Å². The molecule has 1 amide bonds. The molecule has 8 nitrogen and oxygen atoms in total. The van der Waals surface area contributed by atoms with E-state index in [0.717, 1.165) is 83.5 Å². The molecule has 0 rings (SSSR count). The van der Waals surface area contributed by atoms with Gasteiger partial charge in [-0.25, -0.2) is 4.57 Å². The smallest absolute Gasteiger partial charge is 0.391 e. The molecule has 3 N–H and O–H groups in total. The SMILES string of the molecule is CC/C=C\C/C=C\C/C=C\C/C=C\C/C=C\C/C=C\CCCCCCCCCCC(=O)NC(COP(=O)(O)OCC[N+](C)(C)C)C(O)CCCCCCCCCCCC. The molecular weight excluding hydrogens is 756 g/mol. The fourth-order valence-electron chi connectivity index (χ4n) is 6.46. The van der Waals surface area contributed by atoms with Crippen LogP contribution in [0.25, 0.3) is 0 Å². The highest BCUT2D eigenvalue weighted by atomic mass is 31.2. The molecular formula is C50H92N2O6P+. The maximum Gasteiger partial charge on any atom is 0.472 e. The number of rotatable bonds is 42. The molecule has 0 aromatic carbocycles. The minimum atomic E-state index is -4.32. The Kier molecular flexibility index (Phi) is 39.9. The molecule has 342 valence electrons. The third-order valence-electron chi connectivity index (χ3n) is 10.2. The maximum absolute atomic E-state index is 12.9. The molecule has 59 heavy (non-hydrogen) atoms. The van der Waals surface area contributed by atoms with Gasteiger partial charge in [0.25, 0.3) is 0 Å². The number of amides is 1. The van der Waals surface area contributed by atoms with E-state index in [1.54, 1.807) is 0 Å². The van der Waals surface area contributed by atoms with Crippen molar-refractivity contribution >= 4 is 13.7 Å². The minimum Gasteiger partial charge on any atom is -0.391 e. The second-order valence-electron chi connectivity index (χ2n) is 17.1. The molecule has 0 saturated heterocycles. The third-order valence-corrected chi connectivity index (χ3v) is 11.2. The fraction of sp³-hybridized carbons (Fsp3) is 0.740. The van der Waals surface area contributed by atoms with E-state index < -0.39 is 20.0 Å². The molecule has 0 aromatic heterocycles. The first-order chi connectivity index (χ1) is 28.5. The van der Waals surface area contributed by atoms with Crippen molar-refractivity contribution in [1.82, 2.24) is 5.32 Å². The number of phosphoric ester groups is 1.